The molecule has 0 aliphatic carbocycles. The summed E-state index contributed by atoms with van der Waals surface area (Å²) in [5, 5.41) is 2.78. The number of hydrogen-bond donors (Lipinski definition) is 1. The van der Waals surface area contributed by atoms with Crippen molar-refractivity contribution in [3.05, 3.63) is 28.0 Å². The molecule has 1 unspecified atom stereocenters. The van der Waals surface area contributed by atoms with E-state index in [4.69, 9.17) is 4.74 Å². The van der Waals surface area contributed by atoms with Crippen molar-refractivity contribution in [3.63, 3.8) is 0 Å². The molecule has 0 aliphatic rings. The minimum absolute atomic E-state index is 0.0961. The quantitative estimate of drug-likeness (QED) is 0.902. The average Bonchev–Trinajstić information content (AvgIpc) is 2.26. The molecule has 0 aliphatic heterocycles. The Labute approximate surface area is 115 Å². The lowest BCUT2D eigenvalue weighted by Crippen LogP contribution is -2.18. The Morgan fingerprint density at radius 3 is 2.83 bits per heavy atom. The van der Waals surface area contributed by atoms with E-state index in [1.54, 1.807) is 20.1 Å². The van der Waals surface area contributed by atoms with Crippen molar-refractivity contribution in [2.24, 2.45) is 5.92 Å². The summed E-state index contributed by atoms with van der Waals surface area (Å²) in [5.41, 5.74) is 1.32. The number of nitrogens with one attached hydrogen (secondary N) is 1. The topological polar surface area (TPSA) is 38.3 Å². The Bertz CT molecular complexity index is 437. The van der Waals surface area contributed by atoms with Gasteiger partial charge in [0.25, 0.3) is 0 Å². The molecular weight excluding hydrogens is 301 g/mol. The van der Waals surface area contributed by atoms with Crippen LogP contribution in [0.4, 0.5) is 10.1 Å². The summed E-state index contributed by atoms with van der Waals surface area (Å²) in [6.45, 7) is 4.24. The van der Waals surface area contributed by atoms with Gasteiger partial charge in [0.1, 0.15) is 5.82 Å². The van der Waals surface area contributed by atoms with Gasteiger partial charge in [0.15, 0.2) is 0 Å². The molecule has 1 rings (SSSR count). The molecule has 0 bridgehead atoms. The van der Waals surface area contributed by atoms with Crippen LogP contribution in [-0.4, -0.2) is 19.6 Å². The number of methoxy groups -OCH3 is 1. The van der Waals surface area contributed by atoms with E-state index < -0.39 is 0 Å². The summed E-state index contributed by atoms with van der Waals surface area (Å²) >= 11 is 3.10. The number of hydrogen-bond acceptors (Lipinski definition) is 2. The molecule has 0 heterocycles. The molecule has 5 heteroatoms. The smallest absolute Gasteiger partial charge is 0.224 e. The molecule has 1 aromatic rings. The lowest BCUT2D eigenvalue weighted by molar-refractivity contribution is -0.117. The monoisotopic (exact) mass is 317 g/mol. The third-order valence-electron chi connectivity index (χ3n) is 2.53. The first kappa shape index (κ1) is 15.1. The molecule has 1 atom stereocenters. The maximum absolute atomic E-state index is 13.2. The summed E-state index contributed by atoms with van der Waals surface area (Å²) in [5.74, 6) is -0.279. The van der Waals surface area contributed by atoms with E-state index in [0.717, 1.165) is 0 Å². The highest BCUT2D eigenvalue weighted by atomic mass is 79.9. The molecule has 18 heavy (non-hydrogen) atoms. The maximum atomic E-state index is 13.2. The Morgan fingerprint density at radius 1 is 1.56 bits per heavy atom. The van der Waals surface area contributed by atoms with Gasteiger partial charge in [0.05, 0.1) is 4.47 Å². The van der Waals surface area contributed by atoms with Crippen LogP contribution in [0, 0.1) is 18.7 Å². The van der Waals surface area contributed by atoms with Gasteiger partial charge in [-0.15, -0.1) is 0 Å². The van der Waals surface area contributed by atoms with Crippen molar-refractivity contribution >= 4 is 27.5 Å². The fourth-order valence-corrected chi connectivity index (χ4v) is 1.99. The number of amides is 1. The van der Waals surface area contributed by atoms with E-state index in [-0.39, 0.29) is 17.6 Å². The molecule has 0 fully saturated rings. The number of anilines is 1. The summed E-state index contributed by atoms with van der Waals surface area (Å²) in [7, 11) is 1.61. The SMILES string of the molecule is COCC(C)CC(=O)Nc1cc(Br)c(F)cc1C. The Kier molecular flexibility index (Phi) is 5.75. The van der Waals surface area contributed by atoms with E-state index in [0.29, 0.717) is 28.8 Å². The zero-order valence-electron chi connectivity index (χ0n) is 10.7. The molecule has 1 N–H and O–H groups in total. The standard InChI is InChI=1S/C13H17BrFNO2/c1-8(7-18-3)4-13(17)16-12-6-10(14)11(15)5-9(12)2/h5-6,8H,4,7H2,1-3H3,(H,16,17). The van der Waals surface area contributed by atoms with Crippen LogP contribution in [0.5, 0.6) is 0 Å². The summed E-state index contributed by atoms with van der Waals surface area (Å²) in [6, 6.07) is 2.96. The van der Waals surface area contributed by atoms with Crippen molar-refractivity contribution < 1.29 is 13.9 Å². The van der Waals surface area contributed by atoms with Gasteiger partial charge >= 0.3 is 0 Å². The zero-order chi connectivity index (χ0) is 13.7. The third-order valence-corrected chi connectivity index (χ3v) is 3.13. The second-order valence-corrected chi connectivity index (χ2v) is 5.25. The molecule has 1 amide bonds. The van der Waals surface area contributed by atoms with Gasteiger partial charge in [-0.25, -0.2) is 4.39 Å². The first-order valence-electron chi connectivity index (χ1n) is 5.68. The van der Waals surface area contributed by atoms with Crippen LogP contribution in [0.15, 0.2) is 16.6 Å². The second kappa shape index (κ2) is 6.85. The predicted molar refractivity (Wildman–Crippen MR) is 73.1 cm³/mol. The second-order valence-electron chi connectivity index (χ2n) is 4.39. The molecule has 100 valence electrons. The number of rotatable bonds is 5. The van der Waals surface area contributed by atoms with Gasteiger partial charge in [-0.1, -0.05) is 6.92 Å². The minimum Gasteiger partial charge on any atom is -0.384 e. The fraction of sp³-hybridized carbons (Fsp3) is 0.462. The molecule has 0 spiro atoms. The van der Waals surface area contributed by atoms with Crippen LogP contribution in [0.3, 0.4) is 0 Å². The minimum atomic E-state index is -0.335. The van der Waals surface area contributed by atoms with Crippen molar-refractivity contribution in [1.29, 1.82) is 0 Å². The van der Waals surface area contributed by atoms with Gasteiger partial charge < -0.3 is 10.1 Å². The lowest BCUT2D eigenvalue weighted by Gasteiger charge is -2.12. The fourth-order valence-electron chi connectivity index (χ4n) is 1.64. The maximum Gasteiger partial charge on any atom is 0.224 e. The van der Waals surface area contributed by atoms with E-state index in [9.17, 15) is 9.18 Å². The zero-order valence-corrected chi connectivity index (χ0v) is 12.3. The van der Waals surface area contributed by atoms with Gasteiger partial charge in [-0.05, 0) is 46.5 Å². The van der Waals surface area contributed by atoms with E-state index >= 15 is 0 Å². The number of carbonyl (C=O) groups is 1. The summed E-state index contributed by atoms with van der Waals surface area (Å²) in [6.07, 6.45) is 0.377. The van der Waals surface area contributed by atoms with Gasteiger partial charge in [-0.3, -0.25) is 4.79 Å². The van der Waals surface area contributed by atoms with E-state index in [1.807, 2.05) is 6.92 Å². The van der Waals surface area contributed by atoms with Crippen molar-refractivity contribution in [2.75, 3.05) is 19.0 Å². The normalized spacial score (nSPS) is 12.3. The number of carbonyl (C=O) groups excluding carboxylic acids is 1. The summed E-state index contributed by atoms with van der Waals surface area (Å²) in [4.78, 5) is 11.8. The lowest BCUT2D eigenvalue weighted by atomic mass is 10.1. The van der Waals surface area contributed by atoms with Crippen molar-refractivity contribution in [3.8, 4) is 0 Å². The molecule has 3 nitrogen and oxygen atoms in total. The van der Waals surface area contributed by atoms with Crippen LogP contribution in [-0.2, 0) is 9.53 Å². The van der Waals surface area contributed by atoms with Gasteiger partial charge in [0.2, 0.25) is 5.91 Å². The number of halogens is 2. The Balaban J connectivity index is 2.67. The van der Waals surface area contributed by atoms with Gasteiger partial charge in [-0.2, -0.15) is 0 Å². The molecule has 0 radical (unpaired) electrons. The third kappa shape index (κ3) is 4.38. The molecule has 1 aromatic carbocycles. The van der Waals surface area contributed by atoms with Crippen LogP contribution in [0.1, 0.15) is 18.9 Å². The van der Waals surface area contributed by atoms with Crippen molar-refractivity contribution in [2.45, 2.75) is 20.3 Å². The van der Waals surface area contributed by atoms with E-state index in [1.165, 1.54) is 6.07 Å². The van der Waals surface area contributed by atoms with Gasteiger partial charge in [0, 0.05) is 25.8 Å². The van der Waals surface area contributed by atoms with E-state index in [2.05, 4.69) is 21.2 Å². The predicted octanol–water partition coefficient (Wildman–Crippen LogP) is 3.51. The molecule has 0 saturated heterocycles. The molecular formula is C13H17BrFNO2. The number of benzene rings is 1. The Morgan fingerprint density at radius 2 is 2.22 bits per heavy atom. The van der Waals surface area contributed by atoms with Crippen LogP contribution in [0.2, 0.25) is 0 Å². The molecule has 0 saturated carbocycles. The first-order chi connectivity index (χ1) is 8.43. The highest BCUT2D eigenvalue weighted by Crippen LogP contribution is 2.24. The number of aryl methyl sites for hydroxylation is 1. The van der Waals surface area contributed by atoms with Crippen LogP contribution >= 0.6 is 15.9 Å². The summed E-state index contributed by atoms with van der Waals surface area (Å²) < 4.78 is 18.5. The highest BCUT2D eigenvalue weighted by Gasteiger charge is 2.11. The largest absolute Gasteiger partial charge is 0.384 e. The Hall–Kier alpha value is -0.940. The van der Waals surface area contributed by atoms with Crippen LogP contribution < -0.4 is 5.32 Å². The average molecular weight is 318 g/mol. The molecule has 0 aromatic heterocycles. The first-order valence-corrected chi connectivity index (χ1v) is 6.47. The van der Waals surface area contributed by atoms with Crippen molar-refractivity contribution in [1.82, 2.24) is 0 Å². The number of ether oxygens (including phenoxy) is 1. The highest BCUT2D eigenvalue weighted by molar-refractivity contribution is 9.10. The van der Waals surface area contributed by atoms with Crippen LogP contribution in [0.25, 0.3) is 0 Å².